The second-order valence-electron chi connectivity index (χ2n) is 7.15. The third-order valence-electron chi connectivity index (χ3n) is 4.48. The molecule has 0 fully saturated rings. The third kappa shape index (κ3) is 6.42. The molecule has 1 aromatic heterocycles. The zero-order valence-electron chi connectivity index (χ0n) is 17.5. The fraction of sp³-hybridized carbons (Fsp3) is 0.261. The van der Waals surface area contributed by atoms with E-state index in [0.29, 0.717) is 29.2 Å². The van der Waals surface area contributed by atoms with Crippen molar-refractivity contribution in [3.63, 3.8) is 0 Å². The fourth-order valence-corrected chi connectivity index (χ4v) is 3.57. The van der Waals surface area contributed by atoms with Gasteiger partial charge >= 0.3 is 0 Å². The SMILES string of the molecule is C=CCn1c(COc2ccc(F)cc2)nnc1SCC(=O)Nc1ccc(C(C)C)cc1. The van der Waals surface area contributed by atoms with Crippen LogP contribution in [0.4, 0.5) is 10.1 Å². The van der Waals surface area contributed by atoms with Crippen LogP contribution in [-0.4, -0.2) is 26.4 Å². The Hall–Kier alpha value is -3.13. The average molecular weight is 441 g/mol. The molecule has 0 atom stereocenters. The van der Waals surface area contributed by atoms with Crippen LogP contribution in [0.25, 0.3) is 0 Å². The van der Waals surface area contributed by atoms with Gasteiger partial charge in [0.2, 0.25) is 5.91 Å². The number of amides is 1. The number of nitrogens with zero attached hydrogens (tertiary/aromatic N) is 3. The van der Waals surface area contributed by atoms with Gasteiger partial charge in [0.1, 0.15) is 18.2 Å². The van der Waals surface area contributed by atoms with Gasteiger partial charge < -0.3 is 10.1 Å². The Balaban J connectivity index is 1.58. The summed E-state index contributed by atoms with van der Waals surface area (Å²) in [7, 11) is 0. The molecule has 1 N–H and O–H groups in total. The number of benzene rings is 2. The topological polar surface area (TPSA) is 69.0 Å². The molecule has 1 heterocycles. The molecule has 0 saturated heterocycles. The highest BCUT2D eigenvalue weighted by Gasteiger charge is 2.14. The molecule has 31 heavy (non-hydrogen) atoms. The van der Waals surface area contributed by atoms with Gasteiger partial charge in [-0.05, 0) is 47.9 Å². The Labute approximate surface area is 185 Å². The summed E-state index contributed by atoms with van der Waals surface area (Å²) in [5, 5.41) is 11.8. The molecule has 0 unspecified atom stereocenters. The van der Waals surface area contributed by atoms with Gasteiger partial charge in [0.15, 0.2) is 11.0 Å². The van der Waals surface area contributed by atoms with Crippen molar-refractivity contribution in [3.05, 3.63) is 78.4 Å². The molecule has 0 radical (unpaired) electrons. The van der Waals surface area contributed by atoms with Crippen LogP contribution < -0.4 is 10.1 Å². The number of hydrogen-bond donors (Lipinski definition) is 1. The van der Waals surface area contributed by atoms with Gasteiger partial charge in [0.25, 0.3) is 0 Å². The van der Waals surface area contributed by atoms with Crippen molar-refractivity contribution in [1.82, 2.24) is 14.8 Å². The van der Waals surface area contributed by atoms with Gasteiger partial charge in [-0.15, -0.1) is 16.8 Å². The molecule has 3 aromatic rings. The van der Waals surface area contributed by atoms with E-state index < -0.39 is 0 Å². The summed E-state index contributed by atoms with van der Waals surface area (Å²) >= 11 is 1.29. The normalized spacial score (nSPS) is 10.8. The maximum Gasteiger partial charge on any atom is 0.234 e. The van der Waals surface area contributed by atoms with E-state index in [1.54, 1.807) is 18.2 Å². The molecule has 0 spiro atoms. The molecule has 162 valence electrons. The van der Waals surface area contributed by atoms with Crippen LogP contribution in [0.15, 0.2) is 66.3 Å². The van der Waals surface area contributed by atoms with E-state index in [4.69, 9.17) is 4.74 Å². The van der Waals surface area contributed by atoms with Crippen molar-refractivity contribution in [2.24, 2.45) is 0 Å². The third-order valence-corrected chi connectivity index (χ3v) is 5.45. The first-order valence-corrected chi connectivity index (χ1v) is 10.9. The van der Waals surface area contributed by atoms with Gasteiger partial charge in [-0.3, -0.25) is 9.36 Å². The zero-order chi connectivity index (χ0) is 22.2. The summed E-state index contributed by atoms with van der Waals surface area (Å²) in [5.41, 5.74) is 1.98. The lowest BCUT2D eigenvalue weighted by atomic mass is 10.0. The predicted octanol–water partition coefficient (Wildman–Crippen LogP) is 5.04. The predicted molar refractivity (Wildman–Crippen MR) is 121 cm³/mol. The maximum atomic E-state index is 13.0. The highest BCUT2D eigenvalue weighted by molar-refractivity contribution is 7.99. The van der Waals surface area contributed by atoms with E-state index in [-0.39, 0.29) is 24.1 Å². The van der Waals surface area contributed by atoms with E-state index in [1.165, 1.54) is 29.5 Å². The summed E-state index contributed by atoms with van der Waals surface area (Å²) in [6, 6.07) is 13.6. The number of ether oxygens (including phenoxy) is 1. The maximum absolute atomic E-state index is 13.0. The molecule has 0 saturated carbocycles. The number of aromatic nitrogens is 3. The summed E-state index contributed by atoms with van der Waals surface area (Å²) in [4.78, 5) is 12.4. The van der Waals surface area contributed by atoms with Crippen LogP contribution in [0.1, 0.15) is 31.2 Å². The average Bonchev–Trinajstić information content (AvgIpc) is 3.14. The van der Waals surface area contributed by atoms with Crippen molar-refractivity contribution in [2.45, 2.75) is 38.1 Å². The van der Waals surface area contributed by atoms with Gasteiger partial charge in [0.05, 0.1) is 5.75 Å². The minimum absolute atomic E-state index is 0.125. The van der Waals surface area contributed by atoms with Crippen molar-refractivity contribution in [3.8, 4) is 5.75 Å². The Morgan fingerprint density at radius 1 is 1.19 bits per heavy atom. The van der Waals surface area contributed by atoms with Gasteiger partial charge in [-0.2, -0.15) is 0 Å². The van der Waals surface area contributed by atoms with Crippen molar-refractivity contribution in [2.75, 3.05) is 11.1 Å². The molecule has 0 bridgehead atoms. The first-order valence-electron chi connectivity index (χ1n) is 9.90. The molecule has 0 aliphatic rings. The molecule has 6 nitrogen and oxygen atoms in total. The number of nitrogens with one attached hydrogen (secondary N) is 1. The zero-order valence-corrected chi connectivity index (χ0v) is 18.4. The van der Waals surface area contributed by atoms with Crippen LogP contribution in [0.3, 0.4) is 0 Å². The van der Waals surface area contributed by atoms with E-state index in [9.17, 15) is 9.18 Å². The number of hydrogen-bond acceptors (Lipinski definition) is 5. The van der Waals surface area contributed by atoms with E-state index in [1.807, 2.05) is 28.8 Å². The monoisotopic (exact) mass is 440 g/mol. The number of halogens is 1. The number of anilines is 1. The van der Waals surface area contributed by atoms with Gasteiger partial charge in [-0.1, -0.05) is 43.8 Å². The highest BCUT2D eigenvalue weighted by atomic mass is 32.2. The van der Waals surface area contributed by atoms with Crippen molar-refractivity contribution >= 4 is 23.4 Å². The van der Waals surface area contributed by atoms with Gasteiger partial charge in [-0.25, -0.2) is 4.39 Å². The number of thioether (sulfide) groups is 1. The van der Waals surface area contributed by atoms with Crippen LogP contribution >= 0.6 is 11.8 Å². The molecular formula is C23H25FN4O2S. The number of rotatable bonds is 10. The molecule has 8 heteroatoms. The second-order valence-corrected chi connectivity index (χ2v) is 8.10. The van der Waals surface area contributed by atoms with Crippen molar-refractivity contribution < 1.29 is 13.9 Å². The lowest BCUT2D eigenvalue weighted by Crippen LogP contribution is -2.15. The number of allylic oxidation sites excluding steroid dienone is 1. The quantitative estimate of drug-likeness (QED) is 0.353. The van der Waals surface area contributed by atoms with Crippen LogP contribution in [0.2, 0.25) is 0 Å². The number of carbonyl (C=O) groups excluding carboxylic acids is 1. The molecule has 1 amide bonds. The standard InChI is InChI=1S/C23H25FN4O2S/c1-4-13-28-21(14-30-20-11-7-18(24)8-12-20)26-27-23(28)31-15-22(29)25-19-9-5-17(6-10-19)16(2)3/h4-12,16H,1,13-15H2,2-3H3,(H,25,29). The Morgan fingerprint density at radius 3 is 2.55 bits per heavy atom. The smallest absolute Gasteiger partial charge is 0.234 e. The number of carbonyl (C=O) groups is 1. The fourth-order valence-electron chi connectivity index (χ4n) is 2.80. The lowest BCUT2D eigenvalue weighted by Gasteiger charge is -2.10. The Bertz CT molecular complexity index is 1020. The van der Waals surface area contributed by atoms with Crippen LogP contribution in [0.5, 0.6) is 5.75 Å². The molecule has 0 aliphatic carbocycles. The Kier molecular flexibility index (Phi) is 7.83. The van der Waals surface area contributed by atoms with E-state index >= 15 is 0 Å². The van der Waals surface area contributed by atoms with E-state index in [0.717, 1.165) is 5.69 Å². The molecular weight excluding hydrogens is 415 g/mol. The van der Waals surface area contributed by atoms with Crippen molar-refractivity contribution in [1.29, 1.82) is 0 Å². The highest BCUT2D eigenvalue weighted by Crippen LogP contribution is 2.21. The Morgan fingerprint density at radius 2 is 1.90 bits per heavy atom. The summed E-state index contributed by atoms with van der Waals surface area (Å²) < 4.78 is 20.5. The van der Waals surface area contributed by atoms with Crippen LogP contribution in [-0.2, 0) is 17.9 Å². The van der Waals surface area contributed by atoms with Gasteiger partial charge in [0, 0.05) is 12.2 Å². The minimum Gasteiger partial charge on any atom is -0.486 e. The van der Waals surface area contributed by atoms with Crippen LogP contribution in [0, 0.1) is 5.82 Å². The first-order chi connectivity index (χ1) is 15.0. The summed E-state index contributed by atoms with van der Waals surface area (Å²) in [5.74, 6) is 1.32. The minimum atomic E-state index is -0.324. The summed E-state index contributed by atoms with van der Waals surface area (Å²) in [6.45, 7) is 8.67. The summed E-state index contributed by atoms with van der Waals surface area (Å²) in [6.07, 6.45) is 1.73. The molecule has 0 aliphatic heterocycles. The molecule has 3 rings (SSSR count). The first kappa shape index (κ1) is 22.6. The molecule has 2 aromatic carbocycles. The largest absolute Gasteiger partial charge is 0.486 e. The second kappa shape index (κ2) is 10.8. The lowest BCUT2D eigenvalue weighted by molar-refractivity contribution is -0.113. The van der Waals surface area contributed by atoms with E-state index in [2.05, 4.69) is 35.9 Å².